The molecule has 0 spiro atoms. The van der Waals surface area contributed by atoms with Crippen LogP contribution < -0.4 is 4.74 Å². The minimum atomic E-state index is 0.0876. The van der Waals surface area contributed by atoms with Crippen LogP contribution in [0.4, 0.5) is 0 Å². The van der Waals surface area contributed by atoms with Crippen LogP contribution in [0.15, 0.2) is 36.7 Å². The van der Waals surface area contributed by atoms with Crippen molar-refractivity contribution in [1.29, 1.82) is 0 Å². The number of nitrogens with zero attached hydrogens (tertiary/aromatic N) is 2. The predicted octanol–water partition coefficient (Wildman–Crippen LogP) is 2.10. The highest BCUT2D eigenvalue weighted by molar-refractivity contribution is 5.43. The fourth-order valence-corrected chi connectivity index (χ4v) is 1.66. The molecule has 0 radical (unpaired) electrons. The predicted molar refractivity (Wildman–Crippen MR) is 76.1 cm³/mol. The maximum absolute atomic E-state index is 8.69. The van der Waals surface area contributed by atoms with E-state index in [1.807, 2.05) is 25.1 Å². The van der Waals surface area contributed by atoms with Crippen molar-refractivity contribution in [3.63, 3.8) is 0 Å². The monoisotopic (exact) mass is 268 g/mol. The molecule has 4 nitrogen and oxygen atoms in total. The van der Waals surface area contributed by atoms with E-state index in [9.17, 15) is 0 Å². The largest absolute Gasteiger partial charge is 0.485 e. The summed E-state index contributed by atoms with van der Waals surface area (Å²) in [4.78, 5) is 8.22. The van der Waals surface area contributed by atoms with Crippen molar-refractivity contribution in [2.45, 2.75) is 20.0 Å². The summed E-state index contributed by atoms with van der Waals surface area (Å²) in [5.74, 6) is 7.34. The van der Waals surface area contributed by atoms with Gasteiger partial charge in [-0.05, 0) is 36.8 Å². The van der Waals surface area contributed by atoms with Gasteiger partial charge in [0.1, 0.15) is 12.4 Å². The lowest BCUT2D eigenvalue weighted by Gasteiger charge is -2.08. The van der Waals surface area contributed by atoms with Crippen LogP contribution in [0, 0.1) is 18.8 Å². The number of aliphatic hydroxyl groups is 1. The second-order valence-electron chi connectivity index (χ2n) is 4.21. The van der Waals surface area contributed by atoms with Crippen molar-refractivity contribution in [3.8, 4) is 17.6 Å². The standard InChI is InChI=1S/C16H16N2O2/c1-13-11-14(5-2-3-10-19)6-7-15(13)20-12-16-17-8-4-9-18-16/h4,6-9,11,19H,3,10,12H2,1H3. The lowest BCUT2D eigenvalue weighted by atomic mass is 10.1. The van der Waals surface area contributed by atoms with E-state index in [0.717, 1.165) is 16.9 Å². The number of hydrogen-bond acceptors (Lipinski definition) is 4. The van der Waals surface area contributed by atoms with Crippen molar-refractivity contribution < 1.29 is 9.84 Å². The summed E-state index contributed by atoms with van der Waals surface area (Å²) in [6, 6.07) is 7.53. The van der Waals surface area contributed by atoms with Gasteiger partial charge in [0.2, 0.25) is 0 Å². The number of aryl methyl sites for hydroxylation is 1. The molecular formula is C16H16N2O2. The van der Waals surface area contributed by atoms with Crippen LogP contribution in [0.25, 0.3) is 0 Å². The minimum Gasteiger partial charge on any atom is -0.485 e. The molecule has 1 aromatic carbocycles. The fraction of sp³-hybridized carbons (Fsp3) is 0.250. The first-order chi connectivity index (χ1) is 9.79. The molecule has 4 heteroatoms. The van der Waals surface area contributed by atoms with E-state index in [4.69, 9.17) is 9.84 Å². The van der Waals surface area contributed by atoms with Crippen molar-refractivity contribution in [2.24, 2.45) is 0 Å². The van der Waals surface area contributed by atoms with Crippen LogP contribution in [0.3, 0.4) is 0 Å². The Kier molecular flexibility index (Phi) is 5.10. The number of rotatable bonds is 4. The van der Waals surface area contributed by atoms with Crippen molar-refractivity contribution in [1.82, 2.24) is 9.97 Å². The summed E-state index contributed by atoms with van der Waals surface area (Å²) in [6.07, 6.45) is 3.87. The van der Waals surface area contributed by atoms with E-state index in [0.29, 0.717) is 18.9 Å². The highest BCUT2D eigenvalue weighted by atomic mass is 16.5. The molecule has 0 aliphatic heterocycles. The summed E-state index contributed by atoms with van der Waals surface area (Å²) in [5.41, 5.74) is 1.93. The Morgan fingerprint density at radius 3 is 2.75 bits per heavy atom. The zero-order valence-corrected chi connectivity index (χ0v) is 11.3. The highest BCUT2D eigenvalue weighted by Gasteiger charge is 2.02. The molecule has 1 N–H and O–H groups in total. The number of ether oxygens (including phenoxy) is 1. The lowest BCUT2D eigenvalue weighted by Crippen LogP contribution is -2.01. The maximum atomic E-state index is 8.69. The van der Waals surface area contributed by atoms with Gasteiger partial charge in [0, 0.05) is 24.4 Å². The van der Waals surface area contributed by atoms with Gasteiger partial charge in [-0.3, -0.25) is 0 Å². The zero-order valence-electron chi connectivity index (χ0n) is 11.3. The van der Waals surface area contributed by atoms with E-state index in [1.54, 1.807) is 18.5 Å². The van der Waals surface area contributed by atoms with E-state index in [1.165, 1.54) is 0 Å². The summed E-state index contributed by atoms with van der Waals surface area (Å²) >= 11 is 0. The van der Waals surface area contributed by atoms with Gasteiger partial charge in [-0.1, -0.05) is 11.8 Å². The summed E-state index contributed by atoms with van der Waals surface area (Å²) in [6.45, 7) is 2.40. The summed E-state index contributed by atoms with van der Waals surface area (Å²) in [5, 5.41) is 8.69. The van der Waals surface area contributed by atoms with Crippen LogP contribution in [-0.2, 0) is 6.61 Å². The van der Waals surface area contributed by atoms with E-state index in [2.05, 4.69) is 21.8 Å². The molecule has 0 amide bonds. The van der Waals surface area contributed by atoms with Gasteiger partial charge in [0.05, 0.1) is 6.61 Å². The molecule has 0 saturated heterocycles. The molecule has 2 rings (SSSR count). The number of aliphatic hydroxyl groups excluding tert-OH is 1. The van der Waals surface area contributed by atoms with Crippen molar-refractivity contribution >= 4 is 0 Å². The second kappa shape index (κ2) is 7.27. The normalized spacial score (nSPS) is 9.70. The number of aromatic nitrogens is 2. The highest BCUT2D eigenvalue weighted by Crippen LogP contribution is 2.19. The van der Waals surface area contributed by atoms with Crippen LogP contribution in [0.2, 0.25) is 0 Å². The third-order valence-electron chi connectivity index (χ3n) is 2.62. The lowest BCUT2D eigenvalue weighted by molar-refractivity contribution is 0.294. The molecule has 1 aromatic heterocycles. The first-order valence-electron chi connectivity index (χ1n) is 6.38. The molecule has 0 atom stereocenters. The third-order valence-corrected chi connectivity index (χ3v) is 2.62. The molecule has 0 bridgehead atoms. The van der Waals surface area contributed by atoms with Crippen molar-refractivity contribution in [2.75, 3.05) is 6.61 Å². The minimum absolute atomic E-state index is 0.0876. The Bertz CT molecular complexity index is 615. The molecule has 2 aromatic rings. The van der Waals surface area contributed by atoms with Gasteiger partial charge in [-0.2, -0.15) is 0 Å². The van der Waals surface area contributed by atoms with E-state index >= 15 is 0 Å². The maximum Gasteiger partial charge on any atom is 0.166 e. The Balaban J connectivity index is 2.01. The van der Waals surface area contributed by atoms with Crippen LogP contribution in [0.1, 0.15) is 23.4 Å². The smallest absolute Gasteiger partial charge is 0.166 e. The second-order valence-corrected chi connectivity index (χ2v) is 4.21. The molecule has 0 aliphatic rings. The molecule has 1 heterocycles. The molecule has 0 fully saturated rings. The molecule has 102 valence electrons. The average molecular weight is 268 g/mol. The van der Waals surface area contributed by atoms with Crippen LogP contribution in [-0.4, -0.2) is 21.7 Å². The Labute approximate surface area is 118 Å². The Hall–Kier alpha value is -2.38. The first-order valence-corrected chi connectivity index (χ1v) is 6.38. The average Bonchev–Trinajstić information content (AvgIpc) is 2.48. The van der Waals surface area contributed by atoms with E-state index < -0.39 is 0 Å². The molecule has 0 aliphatic carbocycles. The Morgan fingerprint density at radius 2 is 2.05 bits per heavy atom. The summed E-state index contributed by atoms with van der Waals surface area (Å²) < 4.78 is 5.69. The topological polar surface area (TPSA) is 55.2 Å². The van der Waals surface area contributed by atoms with E-state index in [-0.39, 0.29) is 6.61 Å². The van der Waals surface area contributed by atoms with Crippen LogP contribution in [0.5, 0.6) is 5.75 Å². The van der Waals surface area contributed by atoms with Gasteiger partial charge >= 0.3 is 0 Å². The Morgan fingerprint density at radius 1 is 1.25 bits per heavy atom. The molecular weight excluding hydrogens is 252 g/mol. The van der Waals surface area contributed by atoms with Crippen LogP contribution >= 0.6 is 0 Å². The van der Waals surface area contributed by atoms with Gasteiger partial charge in [0.15, 0.2) is 5.82 Å². The number of benzene rings is 1. The zero-order chi connectivity index (χ0) is 14.2. The van der Waals surface area contributed by atoms with Gasteiger partial charge < -0.3 is 9.84 Å². The third kappa shape index (κ3) is 4.08. The molecule has 20 heavy (non-hydrogen) atoms. The summed E-state index contributed by atoms with van der Waals surface area (Å²) in [7, 11) is 0. The number of hydrogen-bond donors (Lipinski definition) is 1. The SMILES string of the molecule is Cc1cc(C#CCCO)ccc1OCc1ncccn1. The van der Waals surface area contributed by atoms with Gasteiger partial charge in [-0.15, -0.1) is 0 Å². The first kappa shape index (κ1) is 14.0. The fourth-order valence-electron chi connectivity index (χ4n) is 1.66. The van der Waals surface area contributed by atoms with Gasteiger partial charge in [0.25, 0.3) is 0 Å². The molecule has 0 saturated carbocycles. The van der Waals surface area contributed by atoms with Crippen molar-refractivity contribution in [3.05, 3.63) is 53.6 Å². The van der Waals surface area contributed by atoms with Gasteiger partial charge in [-0.25, -0.2) is 9.97 Å². The quantitative estimate of drug-likeness (QED) is 0.863. The molecule has 0 unspecified atom stereocenters.